The number of hydrogen-bond acceptors (Lipinski definition) is 4. The van der Waals surface area contributed by atoms with Crippen LogP contribution < -0.4 is 10.6 Å². The Kier molecular flexibility index (Phi) is 5.05. The molecular weight excluding hydrogens is 202 g/mol. The maximum atomic E-state index is 9.06. The normalized spacial score (nSPS) is 14.2. The fraction of sp³-hybridized carbons (Fsp3) is 0.583. The summed E-state index contributed by atoms with van der Waals surface area (Å²) in [5.41, 5.74) is 1.03. The van der Waals surface area contributed by atoms with Crippen LogP contribution in [0.25, 0.3) is 0 Å². The Morgan fingerprint density at radius 2 is 2.19 bits per heavy atom. The zero-order valence-electron chi connectivity index (χ0n) is 10.2. The summed E-state index contributed by atoms with van der Waals surface area (Å²) in [6.07, 6.45) is 1.77. The van der Waals surface area contributed by atoms with Crippen LogP contribution in [0.5, 0.6) is 0 Å². The van der Waals surface area contributed by atoms with Crippen LogP contribution in [0.15, 0.2) is 18.3 Å². The summed E-state index contributed by atoms with van der Waals surface area (Å²) in [6.45, 7) is 7.18. The van der Waals surface area contributed by atoms with Crippen LogP contribution in [0, 0.1) is 5.92 Å². The molecule has 1 heterocycles. The van der Waals surface area contributed by atoms with Gasteiger partial charge in [0.05, 0.1) is 0 Å². The highest BCUT2D eigenvalue weighted by Gasteiger charge is 2.10. The number of aliphatic hydroxyl groups is 1. The molecule has 1 rings (SSSR count). The van der Waals surface area contributed by atoms with Gasteiger partial charge in [0.15, 0.2) is 0 Å². The number of aliphatic hydroxyl groups excluding tert-OH is 1. The molecule has 4 heteroatoms. The Hall–Kier alpha value is -1.29. The molecule has 0 spiro atoms. The molecule has 0 bridgehead atoms. The zero-order chi connectivity index (χ0) is 12.0. The van der Waals surface area contributed by atoms with Gasteiger partial charge in [0.25, 0.3) is 0 Å². The molecule has 4 nitrogen and oxygen atoms in total. The van der Waals surface area contributed by atoms with Gasteiger partial charge in [-0.05, 0) is 25.8 Å². The standard InChI is InChI=1S/C12H21N3O/c1-4-13-12-7-11(5-6-14-12)15-10(3)9(2)8-16/h5-7,9-10,16H,4,8H2,1-3H3,(H2,13,14,15). The lowest BCUT2D eigenvalue weighted by molar-refractivity contribution is 0.226. The van der Waals surface area contributed by atoms with E-state index in [-0.39, 0.29) is 18.6 Å². The number of aromatic nitrogens is 1. The van der Waals surface area contributed by atoms with Crippen molar-refractivity contribution < 1.29 is 5.11 Å². The monoisotopic (exact) mass is 223 g/mol. The molecule has 0 amide bonds. The van der Waals surface area contributed by atoms with Gasteiger partial charge in [-0.15, -0.1) is 0 Å². The van der Waals surface area contributed by atoms with E-state index in [1.54, 1.807) is 6.20 Å². The first-order chi connectivity index (χ1) is 7.67. The summed E-state index contributed by atoms with van der Waals surface area (Å²) < 4.78 is 0. The van der Waals surface area contributed by atoms with Crippen LogP contribution in [0.1, 0.15) is 20.8 Å². The van der Waals surface area contributed by atoms with Gasteiger partial charge >= 0.3 is 0 Å². The highest BCUT2D eigenvalue weighted by molar-refractivity contribution is 5.52. The van der Waals surface area contributed by atoms with Crippen molar-refractivity contribution in [3.63, 3.8) is 0 Å². The third-order valence-electron chi connectivity index (χ3n) is 2.65. The molecule has 16 heavy (non-hydrogen) atoms. The predicted molar refractivity (Wildman–Crippen MR) is 67.7 cm³/mol. The minimum Gasteiger partial charge on any atom is -0.396 e. The molecule has 0 aliphatic heterocycles. The van der Waals surface area contributed by atoms with Crippen LogP contribution in [-0.4, -0.2) is 29.3 Å². The molecule has 0 saturated carbocycles. The van der Waals surface area contributed by atoms with Crippen molar-refractivity contribution in [3.8, 4) is 0 Å². The molecule has 2 unspecified atom stereocenters. The summed E-state index contributed by atoms with van der Waals surface area (Å²) in [5, 5.41) is 15.6. The second-order valence-electron chi connectivity index (χ2n) is 4.05. The third-order valence-corrected chi connectivity index (χ3v) is 2.65. The lowest BCUT2D eigenvalue weighted by Gasteiger charge is -2.20. The Balaban J connectivity index is 2.62. The van der Waals surface area contributed by atoms with Gasteiger partial charge in [0.1, 0.15) is 5.82 Å². The Morgan fingerprint density at radius 1 is 1.44 bits per heavy atom. The zero-order valence-corrected chi connectivity index (χ0v) is 10.2. The first kappa shape index (κ1) is 12.8. The number of pyridine rings is 1. The molecule has 0 aliphatic carbocycles. The minimum atomic E-state index is 0.194. The average molecular weight is 223 g/mol. The molecule has 90 valence electrons. The fourth-order valence-corrected chi connectivity index (χ4v) is 1.36. The first-order valence-corrected chi connectivity index (χ1v) is 5.74. The van der Waals surface area contributed by atoms with Crippen molar-refractivity contribution in [2.75, 3.05) is 23.8 Å². The highest BCUT2D eigenvalue weighted by atomic mass is 16.3. The van der Waals surface area contributed by atoms with Crippen LogP contribution in [0.3, 0.4) is 0 Å². The SMILES string of the molecule is CCNc1cc(NC(C)C(C)CO)ccn1. The molecular formula is C12H21N3O. The minimum absolute atomic E-state index is 0.194. The highest BCUT2D eigenvalue weighted by Crippen LogP contribution is 2.15. The quantitative estimate of drug-likeness (QED) is 0.690. The molecule has 0 radical (unpaired) electrons. The first-order valence-electron chi connectivity index (χ1n) is 5.74. The molecule has 2 atom stereocenters. The number of rotatable bonds is 6. The fourth-order valence-electron chi connectivity index (χ4n) is 1.36. The lowest BCUT2D eigenvalue weighted by Crippen LogP contribution is -2.26. The summed E-state index contributed by atoms with van der Waals surface area (Å²) in [6, 6.07) is 4.15. The van der Waals surface area contributed by atoms with E-state index in [9.17, 15) is 0 Å². The molecule has 1 aromatic rings. The van der Waals surface area contributed by atoms with Crippen molar-refractivity contribution >= 4 is 11.5 Å². The van der Waals surface area contributed by atoms with E-state index in [0.717, 1.165) is 18.1 Å². The number of nitrogens with one attached hydrogen (secondary N) is 2. The molecule has 0 saturated heterocycles. The summed E-state index contributed by atoms with van der Waals surface area (Å²) >= 11 is 0. The summed E-state index contributed by atoms with van der Waals surface area (Å²) in [4.78, 5) is 4.20. The van der Waals surface area contributed by atoms with Gasteiger partial charge in [-0.2, -0.15) is 0 Å². The van der Waals surface area contributed by atoms with Crippen molar-refractivity contribution in [1.82, 2.24) is 4.98 Å². The predicted octanol–water partition coefficient (Wildman–Crippen LogP) is 1.94. The molecule has 3 N–H and O–H groups in total. The Bertz CT molecular complexity index is 317. The van der Waals surface area contributed by atoms with Gasteiger partial charge in [-0.3, -0.25) is 0 Å². The maximum Gasteiger partial charge on any atom is 0.127 e. The van der Waals surface area contributed by atoms with Gasteiger partial charge in [0.2, 0.25) is 0 Å². The topological polar surface area (TPSA) is 57.2 Å². The number of nitrogens with zero attached hydrogens (tertiary/aromatic N) is 1. The van der Waals surface area contributed by atoms with Crippen LogP contribution in [0.4, 0.5) is 11.5 Å². The number of anilines is 2. The van der Waals surface area contributed by atoms with Crippen molar-refractivity contribution in [3.05, 3.63) is 18.3 Å². The molecule has 1 aromatic heterocycles. The van der Waals surface area contributed by atoms with E-state index >= 15 is 0 Å². The van der Waals surface area contributed by atoms with E-state index in [2.05, 4.69) is 22.5 Å². The summed E-state index contributed by atoms with van der Waals surface area (Å²) in [7, 11) is 0. The lowest BCUT2D eigenvalue weighted by atomic mass is 10.1. The largest absolute Gasteiger partial charge is 0.396 e. The Labute approximate surface area is 97.1 Å². The second-order valence-corrected chi connectivity index (χ2v) is 4.05. The maximum absolute atomic E-state index is 9.06. The second kappa shape index (κ2) is 6.33. The van der Waals surface area contributed by atoms with Gasteiger partial charge < -0.3 is 15.7 Å². The van der Waals surface area contributed by atoms with E-state index in [1.807, 2.05) is 26.0 Å². The average Bonchev–Trinajstić information content (AvgIpc) is 2.29. The smallest absolute Gasteiger partial charge is 0.127 e. The molecule has 0 aliphatic rings. The van der Waals surface area contributed by atoms with Gasteiger partial charge in [0, 0.05) is 37.1 Å². The van der Waals surface area contributed by atoms with Crippen molar-refractivity contribution in [2.45, 2.75) is 26.8 Å². The van der Waals surface area contributed by atoms with Gasteiger partial charge in [-0.25, -0.2) is 4.98 Å². The summed E-state index contributed by atoms with van der Waals surface area (Å²) in [5.74, 6) is 1.10. The molecule has 0 aromatic carbocycles. The van der Waals surface area contributed by atoms with Crippen molar-refractivity contribution in [2.24, 2.45) is 5.92 Å². The number of hydrogen-bond donors (Lipinski definition) is 3. The van der Waals surface area contributed by atoms with E-state index in [0.29, 0.717) is 0 Å². The van der Waals surface area contributed by atoms with Crippen molar-refractivity contribution in [1.29, 1.82) is 0 Å². The Morgan fingerprint density at radius 3 is 2.81 bits per heavy atom. The van der Waals surface area contributed by atoms with E-state index in [1.165, 1.54) is 0 Å². The third kappa shape index (κ3) is 3.70. The van der Waals surface area contributed by atoms with E-state index in [4.69, 9.17) is 5.11 Å². The molecule has 0 fully saturated rings. The van der Waals surface area contributed by atoms with Crippen LogP contribution in [-0.2, 0) is 0 Å². The van der Waals surface area contributed by atoms with Crippen LogP contribution in [0.2, 0.25) is 0 Å². The van der Waals surface area contributed by atoms with Gasteiger partial charge in [-0.1, -0.05) is 6.92 Å². The van der Waals surface area contributed by atoms with E-state index < -0.39 is 0 Å². The van der Waals surface area contributed by atoms with Crippen LogP contribution >= 0.6 is 0 Å².